The molecule has 0 aliphatic carbocycles. The third-order valence-corrected chi connectivity index (χ3v) is 4.35. The molecule has 2 aromatic rings. The Balaban J connectivity index is 0.00000264. The molecule has 1 aromatic carbocycles. The van der Waals surface area contributed by atoms with Crippen LogP contribution in [0, 0.1) is 6.92 Å². The molecule has 1 aromatic heterocycles. The molecule has 0 saturated carbocycles. The lowest BCUT2D eigenvalue weighted by Gasteiger charge is -2.11. The Morgan fingerprint density at radius 1 is 1.17 bits per heavy atom. The zero-order valence-electron chi connectivity index (χ0n) is 13.9. The number of hydrogen-bond donors (Lipinski definition) is 2. The van der Waals surface area contributed by atoms with Crippen molar-refractivity contribution < 1.29 is 0 Å². The summed E-state index contributed by atoms with van der Waals surface area (Å²) in [6.45, 7) is 5.82. The third kappa shape index (κ3) is 6.87. The Hall–Kier alpha value is -1.15. The Morgan fingerprint density at radius 3 is 2.43 bits per heavy atom. The van der Waals surface area contributed by atoms with Crippen LogP contribution in [0.5, 0.6) is 0 Å². The molecule has 1 heterocycles. The van der Waals surface area contributed by atoms with E-state index in [1.54, 1.807) is 18.4 Å². The summed E-state index contributed by atoms with van der Waals surface area (Å²) >= 11 is 1.71. The minimum atomic E-state index is 0. The largest absolute Gasteiger partial charge is 0.356 e. The van der Waals surface area contributed by atoms with Gasteiger partial charge < -0.3 is 10.6 Å². The first-order valence-corrected chi connectivity index (χ1v) is 8.46. The first-order chi connectivity index (χ1) is 10.7. The number of aromatic nitrogens is 1. The second-order valence-electron chi connectivity index (χ2n) is 5.14. The molecule has 0 fully saturated rings. The van der Waals surface area contributed by atoms with Crippen LogP contribution in [0.15, 0.2) is 35.5 Å². The van der Waals surface area contributed by atoms with E-state index in [-0.39, 0.29) is 24.0 Å². The molecule has 0 spiro atoms. The molecule has 2 N–H and O–H groups in total. The SMILES string of the molecule is CCc1ccc(CCNC(=NC)NCc2ncc(C)s2)cc1.I. The zero-order valence-corrected chi connectivity index (χ0v) is 17.1. The molecule has 0 saturated heterocycles. The summed E-state index contributed by atoms with van der Waals surface area (Å²) in [5.74, 6) is 0.818. The molecule has 0 radical (unpaired) electrons. The van der Waals surface area contributed by atoms with Gasteiger partial charge in [0.15, 0.2) is 5.96 Å². The standard InChI is InChI=1S/C17H24N4S.HI/c1-4-14-5-7-15(8-6-14)9-10-19-17(18-3)21-12-16-20-11-13(2)22-16;/h5-8,11H,4,9-10,12H2,1-3H3,(H2,18,19,21);1H. The third-order valence-electron chi connectivity index (χ3n) is 3.44. The highest BCUT2D eigenvalue weighted by molar-refractivity contribution is 14.0. The normalized spacial score (nSPS) is 11.0. The van der Waals surface area contributed by atoms with Crippen LogP contribution in [0.4, 0.5) is 0 Å². The fraction of sp³-hybridized carbons (Fsp3) is 0.412. The predicted molar refractivity (Wildman–Crippen MR) is 110 cm³/mol. The second-order valence-corrected chi connectivity index (χ2v) is 6.46. The van der Waals surface area contributed by atoms with Crippen molar-refractivity contribution in [3.63, 3.8) is 0 Å². The number of guanidine groups is 1. The molecule has 6 heteroatoms. The Bertz CT molecular complexity index is 607. The lowest BCUT2D eigenvalue weighted by molar-refractivity contribution is 0.791. The molecule has 4 nitrogen and oxygen atoms in total. The van der Waals surface area contributed by atoms with Crippen molar-refractivity contribution in [2.24, 2.45) is 4.99 Å². The molecule has 0 unspecified atom stereocenters. The summed E-state index contributed by atoms with van der Waals surface area (Å²) in [6, 6.07) is 8.81. The summed E-state index contributed by atoms with van der Waals surface area (Å²) in [6.07, 6.45) is 3.98. The van der Waals surface area contributed by atoms with E-state index in [9.17, 15) is 0 Å². The van der Waals surface area contributed by atoms with Gasteiger partial charge in [0.1, 0.15) is 5.01 Å². The van der Waals surface area contributed by atoms with E-state index in [1.807, 2.05) is 6.20 Å². The van der Waals surface area contributed by atoms with Gasteiger partial charge in [0.25, 0.3) is 0 Å². The van der Waals surface area contributed by atoms with Gasteiger partial charge in [-0.2, -0.15) is 0 Å². The minimum Gasteiger partial charge on any atom is -0.356 e. The van der Waals surface area contributed by atoms with E-state index >= 15 is 0 Å². The topological polar surface area (TPSA) is 49.3 Å². The molecular weight excluding hydrogens is 419 g/mol. The highest BCUT2D eigenvalue weighted by Crippen LogP contribution is 2.10. The Morgan fingerprint density at radius 2 is 1.87 bits per heavy atom. The maximum absolute atomic E-state index is 4.34. The van der Waals surface area contributed by atoms with Gasteiger partial charge >= 0.3 is 0 Å². The first kappa shape index (κ1) is 19.9. The van der Waals surface area contributed by atoms with Crippen molar-refractivity contribution in [3.8, 4) is 0 Å². The maximum Gasteiger partial charge on any atom is 0.191 e. The molecular formula is C17H25IN4S. The Kier molecular flexibility index (Phi) is 9.16. The first-order valence-electron chi connectivity index (χ1n) is 7.65. The second kappa shape index (κ2) is 10.6. The average Bonchev–Trinajstić information content (AvgIpc) is 2.96. The van der Waals surface area contributed by atoms with Crippen molar-refractivity contribution in [2.75, 3.05) is 13.6 Å². The van der Waals surface area contributed by atoms with E-state index in [4.69, 9.17) is 0 Å². The van der Waals surface area contributed by atoms with E-state index in [0.717, 1.165) is 30.4 Å². The number of benzene rings is 1. The van der Waals surface area contributed by atoms with Gasteiger partial charge in [0.05, 0.1) is 6.54 Å². The Labute approximate surface area is 159 Å². The predicted octanol–water partition coefficient (Wildman–Crippen LogP) is 3.54. The number of nitrogens with zero attached hydrogens (tertiary/aromatic N) is 2. The van der Waals surface area contributed by atoms with Crippen LogP contribution < -0.4 is 10.6 Å². The summed E-state index contributed by atoms with van der Waals surface area (Å²) in [7, 11) is 1.79. The van der Waals surface area contributed by atoms with Crippen molar-refractivity contribution in [2.45, 2.75) is 33.2 Å². The van der Waals surface area contributed by atoms with Gasteiger partial charge in [0, 0.05) is 24.7 Å². The lowest BCUT2D eigenvalue weighted by Crippen LogP contribution is -2.37. The molecule has 0 amide bonds. The summed E-state index contributed by atoms with van der Waals surface area (Å²) in [4.78, 5) is 9.81. The number of hydrogen-bond acceptors (Lipinski definition) is 3. The summed E-state index contributed by atoms with van der Waals surface area (Å²) in [5, 5.41) is 7.71. The minimum absolute atomic E-state index is 0. The molecule has 126 valence electrons. The van der Waals surface area contributed by atoms with Crippen LogP contribution in [-0.2, 0) is 19.4 Å². The summed E-state index contributed by atoms with van der Waals surface area (Å²) < 4.78 is 0. The lowest BCUT2D eigenvalue weighted by atomic mass is 10.1. The fourth-order valence-electron chi connectivity index (χ4n) is 2.13. The van der Waals surface area contributed by atoms with Gasteiger partial charge in [0.2, 0.25) is 0 Å². The maximum atomic E-state index is 4.34. The zero-order chi connectivity index (χ0) is 15.8. The average molecular weight is 444 g/mol. The van der Waals surface area contributed by atoms with Crippen molar-refractivity contribution in [1.29, 1.82) is 0 Å². The molecule has 0 atom stereocenters. The van der Waals surface area contributed by atoms with Crippen LogP contribution in [-0.4, -0.2) is 24.5 Å². The van der Waals surface area contributed by atoms with E-state index < -0.39 is 0 Å². The van der Waals surface area contributed by atoms with E-state index in [1.165, 1.54) is 16.0 Å². The quantitative estimate of drug-likeness (QED) is 0.407. The van der Waals surface area contributed by atoms with Crippen molar-refractivity contribution in [3.05, 3.63) is 51.5 Å². The van der Waals surface area contributed by atoms with Crippen LogP contribution in [0.2, 0.25) is 0 Å². The molecule has 0 bridgehead atoms. The fourth-order valence-corrected chi connectivity index (χ4v) is 2.86. The van der Waals surface area contributed by atoms with Gasteiger partial charge in [-0.1, -0.05) is 31.2 Å². The highest BCUT2D eigenvalue weighted by atomic mass is 127. The van der Waals surface area contributed by atoms with E-state index in [2.05, 4.69) is 58.7 Å². The number of thiazole rings is 1. The highest BCUT2D eigenvalue weighted by Gasteiger charge is 2.01. The van der Waals surface area contributed by atoms with Crippen LogP contribution >= 0.6 is 35.3 Å². The number of nitrogens with one attached hydrogen (secondary N) is 2. The van der Waals surface area contributed by atoms with Crippen molar-refractivity contribution >= 4 is 41.3 Å². The van der Waals surface area contributed by atoms with Gasteiger partial charge in [-0.05, 0) is 30.9 Å². The molecule has 23 heavy (non-hydrogen) atoms. The van der Waals surface area contributed by atoms with Gasteiger partial charge in [-0.3, -0.25) is 4.99 Å². The van der Waals surface area contributed by atoms with Crippen LogP contribution in [0.25, 0.3) is 0 Å². The van der Waals surface area contributed by atoms with Crippen LogP contribution in [0.3, 0.4) is 0 Å². The van der Waals surface area contributed by atoms with E-state index in [0.29, 0.717) is 6.54 Å². The van der Waals surface area contributed by atoms with Crippen molar-refractivity contribution in [1.82, 2.24) is 15.6 Å². The number of aryl methyl sites for hydroxylation is 2. The van der Waals surface area contributed by atoms with Crippen LogP contribution in [0.1, 0.15) is 27.9 Å². The summed E-state index contributed by atoms with van der Waals surface area (Å²) in [5.41, 5.74) is 2.73. The number of halogens is 1. The molecule has 2 rings (SSSR count). The van der Waals surface area contributed by atoms with Gasteiger partial charge in [-0.25, -0.2) is 4.98 Å². The van der Waals surface area contributed by atoms with Gasteiger partial charge in [-0.15, -0.1) is 35.3 Å². The number of aliphatic imine (C=N–C) groups is 1. The smallest absolute Gasteiger partial charge is 0.191 e. The monoisotopic (exact) mass is 444 g/mol. The molecule has 0 aliphatic heterocycles. The number of rotatable bonds is 6. The molecule has 0 aliphatic rings.